The van der Waals surface area contributed by atoms with Gasteiger partial charge in [-0.1, -0.05) is 0 Å². The summed E-state index contributed by atoms with van der Waals surface area (Å²) in [7, 11) is 0. The van der Waals surface area contributed by atoms with Crippen LogP contribution in [0.4, 0.5) is 0 Å². The van der Waals surface area contributed by atoms with Gasteiger partial charge in [-0.2, -0.15) is 5.26 Å². The molecule has 0 saturated heterocycles. The van der Waals surface area contributed by atoms with Gasteiger partial charge in [-0.05, 0) is 35.5 Å². The Balaban J connectivity index is 1.72. The third kappa shape index (κ3) is 0.158. The summed E-state index contributed by atoms with van der Waals surface area (Å²) in [5, 5.41) is 18.4. The molecule has 6 aliphatic carbocycles. The van der Waals surface area contributed by atoms with Crippen LogP contribution in [0, 0.1) is 57.7 Å². The second-order valence-electron chi connectivity index (χ2n) is 5.47. The maximum absolute atomic E-state index is 9.29. The van der Waals surface area contributed by atoms with Crippen LogP contribution < -0.4 is 0 Å². The number of aliphatic hydroxyl groups is 1. The molecule has 0 aromatic carbocycles. The van der Waals surface area contributed by atoms with Crippen molar-refractivity contribution in [2.75, 3.05) is 6.61 Å². The van der Waals surface area contributed by atoms with Crippen molar-refractivity contribution in [3.05, 3.63) is 0 Å². The molecule has 6 rings (SSSR count). The van der Waals surface area contributed by atoms with Crippen LogP contribution in [0.5, 0.6) is 0 Å². The maximum Gasteiger partial charge on any atom is 0.0699 e. The van der Waals surface area contributed by atoms with Gasteiger partial charge in [0.05, 0.1) is 11.5 Å². The molecule has 6 fully saturated rings. The fourth-order valence-electron chi connectivity index (χ4n) is 6.29. The van der Waals surface area contributed by atoms with E-state index in [0.717, 1.165) is 35.5 Å². The first-order chi connectivity index (χ1) is 5.85. The van der Waals surface area contributed by atoms with E-state index in [9.17, 15) is 5.11 Å². The normalized spacial score (nSPS) is 87.7. The minimum atomic E-state index is 0.178. The quantitative estimate of drug-likeness (QED) is 0.595. The number of hydrogen-bond donors (Lipinski definition) is 1. The van der Waals surface area contributed by atoms with Gasteiger partial charge in [-0.15, -0.1) is 0 Å². The molecule has 0 atom stereocenters. The summed E-state index contributed by atoms with van der Waals surface area (Å²) >= 11 is 0. The lowest BCUT2D eigenvalue weighted by Crippen LogP contribution is -3.10. The fraction of sp³-hybridized carbons (Fsp3) is 0.900. The average molecular weight is 159 g/mol. The van der Waals surface area contributed by atoms with Crippen LogP contribution in [-0.2, 0) is 0 Å². The molecule has 6 saturated carbocycles. The first-order valence-corrected chi connectivity index (χ1v) is 4.88. The molecule has 0 heterocycles. The van der Waals surface area contributed by atoms with Gasteiger partial charge in [0, 0.05) is 12.0 Å². The van der Waals surface area contributed by atoms with Crippen molar-refractivity contribution in [3.8, 4) is 6.07 Å². The molecule has 0 aromatic heterocycles. The van der Waals surface area contributed by atoms with Gasteiger partial charge in [-0.3, -0.25) is 0 Å². The molecule has 12 heavy (non-hydrogen) atoms. The minimum Gasteiger partial charge on any atom is -0.396 e. The van der Waals surface area contributed by atoms with Crippen molar-refractivity contribution < 1.29 is 5.11 Å². The van der Waals surface area contributed by atoms with E-state index in [4.69, 9.17) is 5.26 Å². The van der Waals surface area contributed by atoms with E-state index in [0.29, 0.717) is 12.0 Å². The molecule has 0 spiro atoms. The number of hydrogen-bond acceptors (Lipinski definition) is 2. The van der Waals surface area contributed by atoms with Crippen molar-refractivity contribution in [1.82, 2.24) is 0 Å². The lowest BCUT2D eigenvalue weighted by molar-refractivity contribution is -0.644. The van der Waals surface area contributed by atoms with Crippen molar-refractivity contribution in [1.29, 1.82) is 5.26 Å². The molecule has 0 aliphatic heterocycles. The fourth-order valence-corrected chi connectivity index (χ4v) is 6.29. The Morgan fingerprint density at radius 1 is 1.08 bits per heavy atom. The Morgan fingerprint density at radius 2 is 1.58 bits per heavy atom. The molecule has 0 unspecified atom stereocenters. The predicted octanol–water partition coefficient (Wildman–Crippen LogP) is 0.240. The highest BCUT2D eigenvalue weighted by atomic mass is 16.3. The van der Waals surface area contributed by atoms with Crippen LogP contribution in [0.3, 0.4) is 0 Å². The first-order valence-electron chi connectivity index (χ1n) is 4.88. The van der Waals surface area contributed by atoms with E-state index in [1.807, 2.05) is 0 Å². The number of nitrogens with zero attached hydrogens (tertiary/aromatic N) is 1. The van der Waals surface area contributed by atoms with Crippen LogP contribution in [0.2, 0.25) is 0 Å². The van der Waals surface area contributed by atoms with E-state index in [2.05, 4.69) is 6.07 Å². The van der Waals surface area contributed by atoms with Crippen LogP contribution in [-0.4, -0.2) is 11.7 Å². The molecule has 0 amide bonds. The van der Waals surface area contributed by atoms with E-state index in [1.54, 1.807) is 0 Å². The monoisotopic (exact) mass is 159 g/mol. The van der Waals surface area contributed by atoms with Crippen molar-refractivity contribution >= 4 is 0 Å². The molecule has 2 heteroatoms. The van der Waals surface area contributed by atoms with Crippen molar-refractivity contribution in [3.63, 3.8) is 0 Å². The summed E-state index contributed by atoms with van der Waals surface area (Å²) < 4.78 is 0. The summed E-state index contributed by atoms with van der Waals surface area (Å²) in [5.41, 5.74) is 0.565. The highest BCUT2D eigenvalue weighted by molar-refractivity contribution is 5.58. The third-order valence-corrected chi connectivity index (χ3v) is 6.31. The zero-order chi connectivity index (χ0) is 7.88. The lowest BCUT2D eigenvalue weighted by atomic mass is 8.92. The molecule has 0 radical (unpaired) electrons. The van der Waals surface area contributed by atoms with E-state index in [1.165, 1.54) is 0 Å². The number of nitriles is 1. The second-order valence-corrected chi connectivity index (χ2v) is 5.47. The number of rotatable bonds is 1. The Labute approximate surface area is 70.2 Å². The van der Waals surface area contributed by atoms with Crippen LogP contribution >= 0.6 is 0 Å². The van der Waals surface area contributed by atoms with Gasteiger partial charge in [0.2, 0.25) is 0 Å². The Hall–Kier alpha value is -0.550. The topological polar surface area (TPSA) is 44.0 Å². The van der Waals surface area contributed by atoms with Gasteiger partial charge in [0.1, 0.15) is 0 Å². The van der Waals surface area contributed by atoms with Gasteiger partial charge in [0.25, 0.3) is 0 Å². The Morgan fingerprint density at radius 3 is 1.92 bits per heavy atom. The highest BCUT2D eigenvalue weighted by Gasteiger charge is 3.10. The van der Waals surface area contributed by atoms with Gasteiger partial charge < -0.3 is 5.11 Å². The SMILES string of the molecule is N#CC12C3C4C1C1C2C3C41CO. The average Bonchev–Trinajstić information content (AvgIpc) is 2.17. The third-order valence-electron chi connectivity index (χ3n) is 6.31. The highest BCUT2D eigenvalue weighted by Crippen LogP contribution is 3.09. The molecule has 0 bridgehead atoms. The zero-order valence-electron chi connectivity index (χ0n) is 6.57. The van der Waals surface area contributed by atoms with Crippen LogP contribution in [0.25, 0.3) is 0 Å². The van der Waals surface area contributed by atoms with Crippen molar-refractivity contribution in [2.45, 2.75) is 0 Å². The van der Waals surface area contributed by atoms with Crippen molar-refractivity contribution in [2.24, 2.45) is 46.3 Å². The smallest absolute Gasteiger partial charge is 0.0699 e. The molecule has 60 valence electrons. The zero-order valence-corrected chi connectivity index (χ0v) is 6.57. The molecule has 0 aromatic rings. The Bertz CT molecular complexity index is 326. The molecule has 1 N–H and O–H groups in total. The van der Waals surface area contributed by atoms with E-state index >= 15 is 0 Å². The summed E-state index contributed by atoms with van der Waals surface area (Å²) in [6.45, 7) is 0.415. The summed E-state index contributed by atoms with van der Waals surface area (Å²) in [4.78, 5) is 0. The minimum absolute atomic E-state index is 0.178. The molecular formula is C10H9NO. The Kier molecular flexibility index (Phi) is 0.412. The molecule has 2 nitrogen and oxygen atoms in total. The van der Waals surface area contributed by atoms with Crippen LogP contribution in [0.15, 0.2) is 0 Å². The van der Waals surface area contributed by atoms with Gasteiger partial charge in [-0.25, -0.2) is 0 Å². The number of aliphatic hydroxyl groups excluding tert-OH is 1. The molecular weight excluding hydrogens is 150 g/mol. The maximum atomic E-state index is 9.29. The van der Waals surface area contributed by atoms with Crippen LogP contribution in [0.1, 0.15) is 0 Å². The second kappa shape index (κ2) is 0.943. The lowest BCUT2D eigenvalue weighted by Gasteiger charge is -3.09. The summed E-state index contributed by atoms with van der Waals surface area (Å²) in [5.74, 6) is 4.62. The predicted molar refractivity (Wildman–Crippen MR) is 38.5 cm³/mol. The summed E-state index contributed by atoms with van der Waals surface area (Å²) in [6, 6.07) is 2.55. The molecule has 6 aliphatic rings. The summed E-state index contributed by atoms with van der Waals surface area (Å²) in [6.07, 6.45) is 0. The van der Waals surface area contributed by atoms with E-state index in [-0.39, 0.29) is 5.41 Å². The van der Waals surface area contributed by atoms with Gasteiger partial charge in [0.15, 0.2) is 0 Å². The largest absolute Gasteiger partial charge is 0.396 e. The standard InChI is InChI=1S/C10H9NO/c11-1-9-3-6-4(9)8-5(9)7(3)10(6,8)2-12/h3-8,12H,2H2. The van der Waals surface area contributed by atoms with E-state index < -0.39 is 0 Å². The first kappa shape index (κ1) is 5.24. The van der Waals surface area contributed by atoms with Gasteiger partial charge >= 0.3 is 0 Å².